The lowest BCUT2D eigenvalue weighted by molar-refractivity contribution is -0.131. The fourth-order valence-electron chi connectivity index (χ4n) is 2.80. The number of thiazole rings is 1. The molecule has 0 saturated carbocycles. The number of benzene rings is 2. The van der Waals surface area contributed by atoms with Crippen LogP contribution in [0.1, 0.15) is 30.0 Å². The molecule has 3 rings (SSSR count). The van der Waals surface area contributed by atoms with Gasteiger partial charge in [0.05, 0.1) is 29.2 Å². The van der Waals surface area contributed by atoms with Gasteiger partial charge in [-0.1, -0.05) is 35.9 Å². The van der Waals surface area contributed by atoms with Crippen LogP contribution in [0, 0.1) is 0 Å². The van der Waals surface area contributed by atoms with Crippen LogP contribution in [0.4, 0.5) is 0 Å². The molecular formula is C20H20ClN3O2S. The van der Waals surface area contributed by atoms with E-state index in [4.69, 9.17) is 11.6 Å². The Hall–Kier alpha value is -2.44. The number of para-hydroxylation sites is 1. The van der Waals surface area contributed by atoms with E-state index in [1.165, 1.54) is 6.92 Å². The van der Waals surface area contributed by atoms with Crippen molar-refractivity contribution in [2.75, 3.05) is 7.05 Å². The molecule has 0 spiro atoms. The summed E-state index contributed by atoms with van der Waals surface area (Å²) in [6.45, 7) is 1.88. The van der Waals surface area contributed by atoms with Crippen LogP contribution in [0.15, 0.2) is 48.5 Å². The largest absolute Gasteiger partial charge is 0.349 e. The molecule has 27 heavy (non-hydrogen) atoms. The number of carbonyl (C=O) groups is 2. The zero-order chi connectivity index (χ0) is 19.4. The molecule has 140 valence electrons. The third-order valence-electron chi connectivity index (χ3n) is 4.16. The Morgan fingerprint density at radius 2 is 1.89 bits per heavy atom. The van der Waals surface area contributed by atoms with E-state index < -0.39 is 6.04 Å². The Labute approximate surface area is 167 Å². The minimum Gasteiger partial charge on any atom is -0.349 e. The Balaban J connectivity index is 1.70. The molecule has 1 N–H and O–H groups in total. The summed E-state index contributed by atoms with van der Waals surface area (Å²) in [6, 6.07) is 14.7. The Morgan fingerprint density at radius 3 is 2.56 bits per heavy atom. The normalized spacial score (nSPS) is 12.0. The van der Waals surface area contributed by atoms with E-state index in [1.54, 1.807) is 35.4 Å². The number of amides is 2. The first kappa shape index (κ1) is 19.3. The summed E-state index contributed by atoms with van der Waals surface area (Å²) in [7, 11) is 1.75. The highest BCUT2D eigenvalue weighted by Gasteiger charge is 2.20. The third kappa shape index (κ3) is 5.05. The maximum atomic E-state index is 12.7. The van der Waals surface area contributed by atoms with Crippen LogP contribution >= 0.6 is 22.9 Å². The molecule has 0 bridgehead atoms. The van der Waals surface area contributed by atoms with Crippen molar-refractivity contribution < 1.29 is 9.59 Å². The maximum absolute atomic E-state index is 12.7. The first-order valence-corrected chi connectivity index (χ1v) is 9.73. The van der Waals surface area contributed by atoms with Crippen molar-refractivity contribution >= 4 is 45.0 Å². The fourth-order valence-corrected chi connectivity index (χ4v) is 3.95. The van der Waals surface area contributed by atoms with Gasteiger partial charge in [-0.3, -0.25) is 9.59 Å². The Bertz CT molecular complexity index is 922. The van der Waals surface area contributed by atoms with Gasteiger partial charge >= 0.3 is 0 Å². The Morgan fingerprint density at radius 1 is 1.19 bits per heavy atom. The number of aromatic nitrogens is 1. The zero-order valence-corrected chi connectivity index (χ0v) is 16.7. The topological polar surface area (TPSA) is 62.3 Å². The van der Waals surface area contributed by atoms with Crippen LogP contribution in [0.5, 0.6) is 0 Å². The Kier molecular flexibility index (Phi) is 6.08. The van der Waals surface area contributed by atoms with Gasteiger partial charge in [-0.25, -0.2) is 4.98 Å². The van der Waals surface area contributed by atoms with Gasteiger partial charge in [-0.2, -0.15) is 0 Å². The molecule has 2 aromatic carbocycles. The highest BCUT2D eigenvalue weighted by molar-refractivity contribution is 7.18. The SMILES string of the molecule is CC(=O)NC(CC(=O)N(C)Cc1nc2ccccc2s1)c1ccc(Cl)cc1. The van der Waals surface area contributed by atoms with Crippen molar-refractivity contribution in [3.63, 3.8) is 0 Å². The molecule has 0 radical (unpaired) electrons. The van der Waals surface area contributed by atoms with Crippen LogP contribution in [0.25, 0.3) is 10.2 Å². The number of nitrogens with zero attached hydrogens (tertiary/aromatic N) is 2. The van der Waals surface area contributed by atoms with Gasteiger partial charge in [0.2, 0.25) is 11.8 Å². The van der Waals surface area contributed by atoms with Crippen LogP contribution in [-0.4, -0.2) is 28.7 Å². The molecule has 3 aromatic rings. The standard InChI is InChI=1S/C20H20ClN3O2S/c1-13(25)22-17(14-7-9-15(21)10-8-14)11-20(26)24(2)12-19-23-16-5-3-4-6-18(16)27-19/h3-10,17H,11-12H2,1-2H3,(H,22,25). The number of nitrogens with one attached hydrogen (secondary N) is 1. The van der Waals surface area contributed by atoms with Crippen molar-refractivity contribution in [2.24, 2.45) is 0 Å². The van der Waals surface area contributed by atoms with Crippen molar-refractivity contribution in [1.82, 2.24) is 15.2 Å². The van der Waals surface area contributed by atoms with Crippen LogP contribution in [0.3, 0.4) is 0 Å². The highest BCUT2D eigenvalue weighted by Crippen LogP contribution is 2.24. The second-order valence-electron chi connectivity index (χ2n) is 6.33. The smallest absolute Gasteiger partial charge is 0.225 e. The summed E-state index contributed by atoms with van der Waals surface area (Å²) in [5, 5.41) is 4.34. The second-order valence-corrected chi connectivity index (χ2v) is 7.89. The average Bonchev–Trinajstić information content (AvgIpc) is 3.03. The lowest BCUT2D eigenvalue weighted by Crippen LogP contribution is -2.33. The summed E-state index contributed by atoms with van der Waals surface area (Å²) in [5.41, 5.74) is 1.78. The monoisotopic (exact) mass is 401 g/mol. The second kappa shape index (κ2) is 8.50. The lowest BCUT2D eigenvalue weighted by atomic mass is 10.0. The van der Waals surface area contributed by atoms with E-state index in [0.29, 0.717) is 11.6 Å². The number of fused-ring (bicyclic) bond motifs is 1. The van der Waals surface area contributed by atoms with Gasteiger partial charge in [0, 0.05) is 19.0 Å². The highest BCUT2D eigenvalue weighted by atomic mass is 35.5. The maximum Gasteiger partial charge on any atom is 0.225 e. The van der Waals surface area contributed by atoms with Crippen molar-refractivity contribution in [3.8, 4) is 0 Å². The predicted molar refractivity (Wildman–Crippen MR) is 109 cm³/mol. The molecule has 2 amide bonds. The third-order valence-corrected chi connectivity index (χ3v) is 5.44. The number of rotatable bonds is 6. The van der Waals surface area contributed by atoms with Gasteiger partial charge < -0.3 is 10.2 Å². The molecule has 1 unspecified atom stereocenters. The molecule has 0 saturated heterocycles. The van der Waals surface area contributed by atoms with Gasteiger partial charge in [-0.15, -0.1) is 11.3 Å². The molecule has 0 aliphatic rings. The van der Waals surface area contributed by atoms with E-state index in [9.17, 15) is 9.59 Å². The summed E-state index contributed by atoms with van der Waals surface area (Å²) in [5.74, 6) is -0.250. The van der Waals surface area contributed by atoms with Gasteiger partial charge in [0.1, 0.15) is 5.01 Å². The van der Waals surface area contributed by atoms with Gasteiger partial charge in [-0.05, 0) is 29.8 Å². The molecule has 0 aliphatic heterocycles. The summed E-state index contributed by atoms with van der Waals surface area (Å²) in [4.78, 5) is 30.5. The summed E-state index contributed by atoms with van der Waals surface area (Å²) < 4.78 is 1.10. The minimum atomic E-state index is -0.398. The van der Waals surface area contributed by atoms with E-state index in [1.807, 2.05) is 36.4 Å². The van der Waals surface area contributed by atoms with Gasteiger partial charge in [0.15, 0.2) is 0 Å². The zero-order valence-electron chi connectivity index (χ0n) is 15.1. The molecule has 1 heterocycles. The van der Waals surface area contributed by atoms with Gasteiger partial charge in [0.25, 0.3) is 0 Å². The number of halogens is 1. The van der Waals surface area contributed by atoms with Crippen LogP contribution in [-0.2, 0) is 16.1 Å². The first-order valence-electron chi connectivity index (χ1n) is 8.53. The van der Waals surface area contributed by atoms with Crippen LogP contribution < -0.4 is 5.32 Å². The average molecular weight is 402 g/mol. The molecule has 0 aliphatic carbocycles. The lowest BCUT2D eigenvalue weighted by Gasteiger charge is -2.22. The van der Waals surface area contributed by atoms with Crippen LogP contribution in [0.2, 0.25) is 5.02 Å². The number of carbonyl (C=O) groups excluding carboxylic acids is 2. The molecular weight excluding hydrogens is 382 g/mol. The number of hydrogen-bond donors (Lipinski definition) is 1. The van der Waals surface area contributed by atoms with E-state index >= 15 is 0 Å². The first-order chi connectivity index (χ1) is 12.9. The van der Waals surface area contributed by atoms with Crippen molar-refractivity contribution in [1.29, 1.82) is 0 Å². The van der Waals surface area contributed by atoms with E-state index in [0.717, 1.165) is 20.8 Å². The van der Waals surface area contributed by atoms with Crippen molar-refractivity contribution in [2.45, 2.75) is 25.9 Å². The van der Waals surface area contributed by atoms with E-state index in [2.05, 4.69) is 10.3 Å². The molecule has 1 aromatic heterocycles. The predicted octanol–water partition coefficient (Wildman–Crippen LogP) is 4.18. The fraction of sp³-hybridized carbons (Fsp3) is 0.250. The summed E-state index contributed by atoms with van der Waals surface area (Å²) in [6.07, 6.45) is 0.169. The molecule has 7 heteroatoms. The molecule has 5 nitrogen and oxygen atoms in total. The molecule has 0 fully saturated rings. The quantitative estimate of drug-likeness (QED) is 0.674. The van der Waals surface area contributed by atoms with E-state index in [-0.39, 0.29) is 18.2 Å². The minimum absolute atomic E-state index is 0.0667. The van der Waals surface area contributed by atoms with Crippen molar-refractivity contribution in [3.05, 3.63) is 64.1 Å². The number of hydrogen-bond acceptors (Lipinski definition) is 4. The molecule has 1 atom stereocenters. The summed E-state index contributed by atoms with van der Waals surface area (Å²) >= 11 is 7.51.